The number of aromatic nitrogens is 1. The van der Waals surface area contributed by atoms with Crippen molar-refractivity contribution in [2.75, 3.05) is 19.5 Å². The van der Waals surface area contributed by atoms with E-state index in [2.05, 4.69) is 9.88 Å². The fourth-order valence-corrected chi connectivity index (χ4v) is 3.67. The third kappa shape index (κ3) is 2.50. The highest BCUT2D eigenvalue weighted by Gasteiger charge is 2.23. The van der Waals surface area contributed by atoms with E-state index in [0.29, 0.717) is 11.1 Å². The smallest absolute Gasteiger partial charge is 0.111 e. The van der Waals surface area contributed by atoms with Gasteiger partial charge in [0.1, 0.15) is 10.0 Å². The van der Waals surface area contributed by atoms with Gasteiger partial charge in [-0.1, -0.05) is 12.2 Å². The zero-order valence-corrected chi connectivity index (χ0v) is 11.4. The molecule has 2 heterocycles. The van der Waals surface area contributed by atoms with Crippen molar-refractivity contribution >= 4 is 40.6 Å². The van der Waals surface area contributed by atoms with Crippen LogP contribution in [-0.4, -0.2) is 39.6 Å². The molecule has 1 unspecified atom stereocenters. The minimum absolute atomic E-state index is 0.469. The molecule has 1 aromatic heterocycles. The maximum atomic E-state index is 5.81. The summed E-state index contributed by atoms with van der Waals surface area (Å²) in [6, 6.07) is 3.97. The van der Waals surface area contributed by atoms with E-state index in [0.717, 1.165) is 28.5 Å². The molecule has 0 spiro atoms. The van der Waals surface area contributed by atoms with Gasteiger partial charge in [0.05, 0.1) is 0 Å². The number of thiocarbonyl (C=S) groups is 1. The third-order valence-electron chi connectivity index (χ3n) is 2.54. The van der Waals surface area contributed by atoms with Crippen LogP contribution in [0.4, 0.5) is 0 Å². The Balaban J connectivity index is 2.32. The van der Waals surface area contributed by atoms with Crippen LogP contribution in [0, 0.1) is 0 Å². The number of alkyl halides is 1. The van der Waals surface area contributed by atoms with Crippen molar-refractivity contribution in [3.63, 3.8) is 0 Å². The standard InChI is InChI=1S/C11H13ClN2S2/c1-14-7-8(4-5-12)16-10-9(11(14)15)3-2-6-13-10/h2-3,6,8H,4-5,7H2,1H3. The Hall–Kier alpha value is -0.320. The number of rotatable bonds is 2. The average Bonchev–Trinajstić information content (AvgIpc) is 2.39. The zero-order chi connectivity index (χ0) is 11.5. The topological polar surface area (TPSA) is 16.1 Å². The Morgan fingerprint density at radius 3 is 3.25 bits per heavy atom. The molecule has 1 aliphatic rings. The number of fused-ring (bicyclic) bond motifs is 1. The number of hydrogen-bond acceptors (Lipinski definition) is 3. The van der Waals surface area contributed by atoms with E-state index in [1.165, 1.54) is 0 Å². The van der Waals surface area contributed by atoms with E-state index in [-0.39, 0.29) is 0 Å². The molecule has 0 N–H and O–H groups in total. The van der Waals surface area contributed by atoms with Gasteiger partial charge in [0.15, 0.2) is 0 Å². The molecule has 0 saturated carbocycles. The molecule has 0 saturated heterocycles. The van der Waals surface area contributed by atoms with Gasteiger partial charge >= 0.3 is 0 Å². The summed E-state index contributed by atoms with van der Waals surface area (Å²) in [5.41, 5.74) is 1.07. The molecule has 0 fully saturated rings. The van der Waals surface area contributed by atoms with Gasteiger partial charge in [-0.3, -0.25) is 0 Å². The van der Waals surface area contributed by atoms with Crippen LogP contribution in [0.2, 0.25) is 0 Å². The minimum atomic E-state index is 0.469. The van der Waals surface area contributed by atoms with Crippen molar-refractivity contribution in [2.24, 2.45) is 0 Å². The minimum Gasteiger partial charge on any atom is -0.364 e. The molecule has 2 rings (SSSR count). The zero-order valence-electron chi connectivity index (χ0n) is 9.02. The molecule has 1 atom stereocenters. The highest BCUT2D eigenvalue weighted by molar-refractivity contribution is 8.00. The quantitative estimate of drug-likeness (QED) is 0.608. The lowest BCUT2D eigenvalue weighted by Crippen LogP contribution is -2.30. The summed E-state index contributed by atoms with van der Waals surface area (Å²) in [5, 5.41) is 1.50. The molecule has 0 bridgehead atoms. The van der Waals surface area contributed by atoms with Gasteiger partial charge in [-0.05, 0) is 18.6 Å². The van der Waals surface area contributed by atoms with Crippen molar-refractivity contribution in [3.05, 3.63) is 23.9 Å². The van der Waals surface area contributed by atoms with E-state index in [1.54, 1.807) is 11.8 Å². The second kappa shape index (κ2) is 5.34. The average molecular weight is 273 g/mol. The molecule has 0 aliphatic carbocycles. The van der Waals surface area contributed by atoms with Crippen LogP contribution in [0.5, 0.6) is 0 Å². The molecule has 2 nitrogen and oxygen atoms in total. The number of hydrogen-bond donors (Lipinski definition) is 0. The maximum Gasteiger partial charge on any atom is 0.111 e. The monoisotopic (exact) mass is 272 g/mol. The number of pyridine rings is 1. The fraction of sp³-hybridized carbons (Fsp3) is 0.455. The first kappa shape index (κ1) is 12.1. The SMILES string of the molecule is CN1CC(CCCl)Sc2ncccc2C1=S. The highest BCUT2D eigenvalue weighted by Crippen LogP contribution is 2.31. The van der Waals surface area contributed by atoms with Gasteiger partial charge < -0.3 is 4.90 Å². The third-order valence-corrected chi connectivity index (χ3v) is 4.55. The lowest BCUT2D eigenvalue weighted by atomic mass is 10.2. The first-order valence-electron chi connectivity index (χ1n) is 5.15. The Kier molecular flexibility index (Phi) is 4.05. The van der Waals surface area contributed by atoms with Crippen molar-refractivity contribution in [2.45, 2.75) is 16.7 Å². The first-order chi connectivity index (χ1) is 7.72. The lowest BCUT2D eigenvalue weighted by molar-refractivity contribution is 0.504. The van der Waals surface area contributed by atoms with Crippen LogP contribution in [0.3, 0.4) is 0 Å². The van der Waals surface area contributed by atoms with Gasteiger partial charge in [-0.15, -0.1) is 23.4 Å². The van der Waals surface area contributed by atoms with E-state index in [1.807, 2.05) is 25.4 Å². The van der Waals surface area contributed by atoms with E-state index in [4.69, 9.17) is 23.8 Å². The largest absolute Gasteiger partial charge is 0.364 e. The number of thioether (sulfide) groups is 1. The molecular formula is C11H13ClN2S2. The van der Waals surface area contributed by atoms with E-state index in [9.17, 15) is 0 Å². The summed E-state index contributed by atoms with van der Waals surface area (Å²) in [6.07, 6.45) is 2.80. The van der Waals surface area contributed by atoms with Crippen LogP contribution in [0.1, 0.15) is 12.0 Å². The second-order valence-electron chi connectivity index (χ2n) is 3.76. The molecular weight excluding hydrogens is 260 g/mol. The van der Waals surface area contributed by atoms with Gasteiger partial charge in [-0.25, -0.2) is 4.98 Å². The summed E-state index contributed by atoms with van der Waals surface area (Å²) in [7, 11) is 2.03. The highest BCUT2D eigenvalue weighted by atomic mass is 35.5. The summed E-state index contributed by atoms with van der Waals surface area (Å²) >= 11 is 13.0. The summed E-state index contributed by atoms with van der Waals surface area (Å²) < 4.78 is 0. The van der Waals surface area contributed by atoms with Crippen LogP contribution in [-0.2, 0) is 0 Å². The Morgan fingerprint density at radius 2 is 2.50 bits per heavy atom. The maximum absolute atomic E-state index is 5.81. The Morgan fingerprint density at radius 1 is 1.69 bits per heavy atom. The summed E-state index contributed by atoms with van der Waals surface area (Å²) in [6.45, 7) is 0.937. The van der Waals surface area contributed by atoms with Gasteiger partial charge in [-0.2, -0.15) is 0 Å². The summed E-state index contributed by atoms with van der Waals surface area (Å²) in [5.74, 6) is 0.681. The van der Waals surface area contributed by atoms with E-state index < -0.39 is 0 Å². The predicted octanol–water partition coefficient (Wildman–Crippen LogP) is 2.79. The number of nitrogens with zero attached hydrogens (tertiary/aromatic N) is 2. The normalized spacial score (nSPS) is 20.5. The van der Waals surface area contributed by atoms with Crippen molar-refractivity contribution in [1.29, 1.82) is 0 Å². The van der Waals surface area contributed by atoms with Gasteiger partial charge in [0.25, 0.3) is 0 Å². The predicted molar refractivity (Wildman–Crippen MR) is 73.5 cm³/mol. The van der Waals surface area contributed by atoms with Crippen LogP contribution < -0.4 is 0 Å². The molecule has 0 aromatic carbocycles. The summed E-state index contributed by atoms with van der Waals surface area (Å²) in [4.78, 5) is 7.40. The molecule has 1 aromatic rings. The van der Waals surface area contributed by atoms with Crippen molar-refractivity contribution < 1.29 is 0 Å². The Bertz CT molecular complexity index is 397. The van der Waals surface area contributed by atoms with Crippen molar-refractivity contribution in [1.82, 2.24) is 9.88 Å². The number of halogens is 1. The van der Waals surface area contributed by atoms with Gasteiger partial charge in [0, 0.05) is 36.5 Å². The molecule has 1 aliphatic heterocycles. The molecule has 16 heavy (non-hydrogen) atoms. The fourth-order valence-electron chi connectivity index (χ4n) is 1.71. The first-order valence-corrected chi connectivity index (χ1v) is 6.97. The molecule has 0 radical (unpaired) electrons. The van der Waals surface area contributed by atoms with Crippen LogP contribution in [0.25, 0.3) is 0 Å². The lowest BCUT2D eigenvalue weighted by Gasteiger charge is -2.20. The molecule has 5 heteroatoms. The molecule has 0 amide bonds. The second-order valence-corrected chi connectivity index (χ2v) is 5.81. The van der Waals surface area contributed by atoms with Crippen molar-refractivity contribution in [3.8, 4) is 0 Å². The van der Waals surface area contributed by atoms with Crippen LogP contribution in [0.15, 0.2) is 23.4 Å². The Labute approximate surface area is 110 Å². The molecule has 86 valence electrons. The van der Waals surface area contributed by atoms with E-state index >= 15 is 0 Å². The van der Waals surface area contributed by atoms with Gasteiger partial charge in [0.2, 0.25) is 0 Å². The van der Waals surface area contributed by atoms with Crippen LogP contribution >= 0.6 is 35.6 Å².